The molecule has 0 aliphatic carbocycles. The Morgan fingerprint density at radius 3 is 2.96 bits per heavy atom. The number of rotatable bonds is 7. The zero-order valence-corrected chi connectivity index (χ0v) is 14.1. The molecule has 0 bridgehead atoms. The maximum Gasteiger partial charge on any atom is 0.243 e. The van der Waals surface area contributed by atoms with Crippen molar-refractivity contribution in [2.24, 2.45) is 5.73 Å². The Kier molecular flexibility index (Phi) is 6.49. The predicted molar refractivity (Wildman–Crippen MR) is 90.9 cm³/mol. The fourth-order valence-electron chi connectivity index (χ4n) is 1.87. The summed E-state index contributed by atoms with van der Waals surface area (Å²) in [7, 11) is 0. The summed E-state index contributed by atoms with van der Waals surface area (Å²) in [6.45, 7) is 0. The van der Waals surface area contributed by atoms with Crippen molar-refractivity contribution in [3.63, 3.8) is 0 Å². The second-order valence-electron chi connectivity index (χ2n) is 4.92. The van der Waals surface area contributed by atoms with Crippen LogP contribution in [0.4, 0.5) is 13.9 Å². The van der Waals surface area contributed by atoms with Crippen LogP contribution in [0.2, 0.25) is 0 Å². The first-order chi connectivity index (χ1) is 11.0. The highest BCUT2D eigenvalue weighted by Gasteiger charge is 2.15. The van der Waals surface area contributed by atoms with Crippen molar-refractivity contribution in [2.45, 2.75) is 18.9 Å². The topological polar surface area (TPSA) is 68.0 Å². The maximum absolute atomic E-state index is 13.6. The lowest BCUT2D eigenvalue weighted by atomic mass is 10.1. The molecule has 0 saturated carbocycles. The van der Waals surface area contributed by atoms with Crippen molar-refractivity contribution in [1.29, 1.82) is 0 Å². The second kappa shape index (κ2) is 8.37. The van der Waals surface area contributed by atoms with E-state index in [0.29, 0.717) is 17.1 Å². The summed E-state index contributed by atoms with van der Waals surface area (Å²) in [4.78, 5) is 16.8. The summed E-state index contributed by atoms with van der Waals surface area (Å²) in [6, 6.07) is 2.89. The van der Waals surface area contributed by atoms with Crippen molar-refractivity contribution in [1.82, 2.24) is 4.98 Å². The Labute approximate surface area is 141 Å². The van der Waals surface area contributed by atoms with E-state index in [9.17, 15) is 13.6 Å². The summed E-state index contributed by atoms with van der Waals surface area (Å²) < 4.78 is 26.5. The fourth-order valence-corrected chi connectivity index (χ4v) is 3.20. The third-order valence-corrected chi connectivity index (χ3v) is 4.69. The molecule has 1 amide bonds. The SMILES string of the molecule is CSCC[C@H](N)C(=O)Nc1ncc(Cc2ccc(F)cc2F)s1. The van der Waals surface area contributed by atoms with E-state index in [2.05, 4.69) is 10.3 Å². The Morgan fingerprint density at radius 1 is 1.48 bits per heavy atom. The quantitative estimate of drug-likeness (QED) is 0.799. The molecule has 0 radical (unpaired) electrons. The molecule has 2 aromatic rings. The number of nitrogens with two attached hydrogens (primary N) is 1. The van der Waals surface area contributed by atoms with E-state index in [1.807, 2.05) is 6.26 Å². The second-order valence-corrected chi connectivity index (χ2v) is 7.02. The Morgan fingerprint density at radius 2 is 2.26 bits per heavy atom. The largest absolute Gasteiger partial charge is 0.320 e. The highest BCUT2D eigenvalue weighted by molar-refractivity contribution is 7.98. The van der Waals surface area contributed by atoms with Crippen molar-refractivity contribution < 1.29 is 13.6 Å². The van der Waals surface area contributed by atoms with Crippen molar-refractivity contribution in [2.75, 3.05) is 17.3 Å². The van der Waals surface area contributed by atoms with E-state index in [1.54, 1.807) is 18.0 Å². The van der Waals surface area contributed by atoms with Gasteiger partial charge in [-0.1, -0.05) is 6.07 Å². The van der Waals surface area contributed by atoms with Gasteiger partial charge in [0.05, 0.1) is 6.04 Å². The smallest absolute Gasteiger partial charge is 0.243 e. The van der Waals surface area contributed by atoms with Gasteiger partial charge in [-0.05, 0) is 30.1 Å². The molecule has 3 N–H and O–H groups in total. The molecule has 0 spiro atoms. The molecule has 124 valence electrons. The molecule has 1 heterocycles. The van der Waals surface area contributed by atoms with E-state index < -0.39 is 17.7 Å². The van der Waals surface area contributed by atoms with Crippen molar-refractivity contribution in [3.8, 4) is 0 Å². The number of carbonyl (C=O) groups is 1. The number of nitrogens with one attached hydrogen (secondary N) is 1. The molecule has 4 nitrogen and oxygen atoms in total. The van der Waals surface area contributed by atoms with Gasteiger partial charge in [-0.2, -0.15) is 11.8 Å². The van der Waals surface area contributed by atoms with Gasteiger partial charge < -0.3 is 11.1 Å². The molecular formula is C15H17F2N3OS2. The van der Waals surface area contributed by atoms with Gasteiger partial charge >= 0.3 is 0 Å². The first-order valence-corrected chi connectivity index (χ1v) is 9.14. The van der Waals surface area contributed by atoms with Gasteiger partial charge in [-0.25, -0.2) is 13.8 Å². The van der Waals surface area contributed by atoms with Gasteiger partial charge in [0.1, 0.15) is 11.6 Å². The molecule has 0 aliphatic rings. The molecule has 2 rings (SSSR count). The molecule has 8 heteroatoms. The van der Waals surface area contributed by atoms with E-state index in [1.165, 1.54) is 23.5 Å². The van der Waals surface area contributed by atoms with E-state index in [0.717, 1.165) is 16.7 Å². The van der Waals surface area contributed by atoms with Crippen molar-refractivity contribution in [3.05, 3.63) is 46.5 Å². The van der Waals surface area contributed by atoms with Gasteiger partial charge in [0.2, 0.25) is 5.91 Å². The van der Waals surface area contributed by atoms with Gasteiger partial charge in [0, 0.05) is 23.6 Å². The van der Waals surface area contributed by atoms with Crippen LogP contribution in [0.5, 0.6) is 0 Å². The minimum atomic E-state index is -0.609. The van der Waals surface area contributed by atoms with Crippen LogP contribution in [-0.4, -0.2) is 28.9 Å². The minimum Gasteiger partial charge on any atom is -0.320 e. The molecule has 0 fully saturated rings. The zero-order valence-electron chi connectivity index (χ0n) is 12.5. The molecular weight excluding hydrogens is 340 g/mol. The summed E-state index contributed by atoms with van der Waals surface area (Å²) in [5, 5.41) is 3.08. The third-order valence-electron chi connectivity index (χ3n) is 3.13. The number of thiazole rings is 1. The van der Waals surface area contributed by atoms with E-state index in [4.69, 9.17) is 5.73 Å². The average molecular weight is 357 g/mol. The van der Waals surface area contributed by atoms with Crippen LogP contribution in [0.15, 0.2) is 24.4 Å². The minimum absolute atomic E-state index is 0.284. The van der Waals surface area contributed by atoms with Crippen LogP contribution < -0.4 is 11.1 Å². The molecule has 0 unspecified atom stereocenters. The lowest BCUT2D eigenvalue weighted by Gasteiger charge is -2.09. The van der Waals surface area contributed by atoms with Gasteiger partial charge in [0.25, 0.3) is 0 Å². The van der Waals surface area contributed by atoms with E-state index >= 15 is 0 Å². The number of anilines is 1. The summed E-state index contributed by atoms with van der Waals surface area (Å²) >= 11 is 2.87. The standard InChI is InChI=1S/C15H17F2N3OS2/c1-22-5-4-13(18)14(21)20-15-19-8-11(23-15)6-9-2-3-10(16)7-12(9)17/h2-3,7-8,13H,4-6,18H2,1H3,(H,19,20,21)/t13-/m0/s1. The molecule has 1 atom stereocenters. The number of amides is 1. The average Bonchev–Trinajstić information content (AvgIpc) is 2.94. The number of halogens is 2. The first-order valence-electron chi connectivity index (χ1n) is 6.93. The Hall–Kier alpha value is -1.51. The van der Waals surface area contributed by atoms with Crippen LogP contribution in [0.1, 0.15) is 16.9 Å². The van der Waals surface area contributed by atoms with Crippen molar-refractivity contribution >= 4 is 34.1 Å². The normalized spacial score (nSPS) is 12.2. The van der Waals surface area contributed by atoms with Crippen LogP contribution in [0.25, 0.3) is 0 Å². The number of thioether (sulfide) groups is 1. The molecule has 1 aromatic carbocycles. The number of hydrogen-bond acceptors (Lipinski definition) is 5. The van der Waals surface area contributed by atoms with Crippen LogP contribution in [-0.2, 0) is 11.2 Å². The van der Waals surface area contributed by atoms with Gasteiger partial charge in [-0.3, -0.25) is 4.79 Å². The predicted octanol–water partition coefficient (Wildman–Crippen LogP) is 3.03. The maximum atomic E-state index is 13.6. The monoisotopic (exact) mass is 357 g/mol. The summed E-state index contributed by atoms with van der Waals surface area (Å²) in [5.41, 5.74) is 6.16. The van der Waals surface area contributed by atoms with Crippen LogP contribution >= 0.6 is 23.1 Å². The van der Waals surface area contributed by atoms with Gasteiger partial charge in [-0.15, -0.1) is 11.3 Å². The highest BCUT2D eigenvalue weighted by Crippen LogP contribution is 2.23. The van der Waals surface area contributed by atoms with Crippen LogP contribution in [0, 0.1) is 11.6 Å². The lowest BCUT2D eigenvalue weighted by Crippen LogP contribution is -2.36. The molecule has 23 heavy (non-hydrogen) atoms. The highest BCUT2D eigenvalue weighted by atomic mass is 32.2. The Balaban J connectivity index is 1.96. The molecule has 0 aliphatic heterocycles. The number of nitrogens with zero attached hydrogens (tertiary/aromatic N) is 1. The fraction of sp³-hybridized carbons (Fsp3) is 0.333. The van der Waals surface area contributed by atoms with Crippen LogP contribution in [0.3, 0.4) is 0 Å². The number of hydrogen-bond donors (Lipinski definition) is 2. The summed E-state index contributed by atoms with van der Waals surface area (Å²) in [5.74, 6) is -0.680. The number of carbonyl (C=O) groups excluding carboxylic acids is 1. The molecule has 0 saturated heterocycles. The number of aromatic nitrogens is 1. The number of benzene rings is 1. The third kappa shape index (κ3) is 5.26. The van der Waals surface area contributed by atoms with Gasteiger partial charge in [0.15, 0.2) is 5.13 Å². The summed E-state index contributed by atoms with van der Waals surface area (Å²) in [6.07, 6.45) is 4.40. The zero-order chi connectivity index (χ0) is 16.8. The first kappa shape index (κ1) is 17.8. The van der Waals surface area contributed by atoms with E-state index in [-0.39, 0.29) is 12.3 Å². The Bertz CT molecular complexity index is 678. The lowest BCUT2D eigenvalue weighted by molar-refractivity contribution is -0.117. The molecule has 1 aromatic heterocycles.